The molecule has 2 aromatic rings. The summed E-state index contributed by atoms with van der Waals surface area (Å²) in [6.45, 7) is 0. The van der Waals surface area contributed by atoms with Crippen molar-refractivity contribution in [3.05, 3.63) is 42.7 Å². The topological polar surface area (TPSA) is 42.0 Å². The molecular formula is C10H6BrIN2OS. The maximum absolute atomic E-state index is 11.8. The van der Waals surface area contributed by atoms with Crippen LogP contribution in [0, 0.1) is 2.88 Å². The Balaban J connectivity index is 2.13. The molecule has 0 unspecified atom stereocenters. The van der Waals surface area contributed by atoms with Gasteiger partial charge in [0, 0.05) is 5.38 Å². The van der Waals surface area contributed by atoms with Crippen molar-refractivity contribution in [2.75, 3.05) is 5.32 Å². The van der Waals surface area contributed by atoms with Gasteiger partial charge in [0.25, 0.3) is 5.91 Å². The third-order valence-electron chi connectivity index (χ3n) is 1.79. The van der Waals surface area contributed by atoms with Crippen LogP contribution in [0.4, 0.5) is 5.82 Å². The van der Waals surface area contributed by atoms with E-state index in [1.54, 1.807) is 17.4 Å². The molecule has 0 aliphatic heterocycles. The van der Waals surface area contributed by atoms with Gasteiger partial charge in [0.05, 0.1) is 8.45 Å². The van der Waals surface area contributed by atoms with Crippen LogP contribution in [0.25, 0.3) is 0 Å². The fraction of sp³-hybridized carbons (Fsp3) is 0. The molecule has 0 fully saturated rings. The fourth-order valence-corrected chi connectivity index (χ4v) is 2.77. The quantitative estimate of drug-likeness (QED) is 0.607. The normalized spacial score (nSPS) is 10.1. The van der Waals surface area contributed by atoms with Gasteiger partial charge in [-0.15, -0.1) is 11.3 Å². The molecule has 6 heteroatoms. The van der Waals surface area contributed by atoms with Crippen molar-refractivity contribution in [2.24, 2.45) is 0 Å². The standard InChI is InChI=1S/C10H6BrIN2OS/c11-7-2-1-3-9(13-7)14-10(15)6-4-8(12)16-5-6/h1-5H,(H,13,14,15). The Kier molecular flexibility index (Phi) is 3.93. The summed E-state index contributed by atoms with van der Waals surface area (Å²) in [5.41, 5.74) is 0.663. The Morgan fingerprint density at radius 1 is 1.50 bits per heavy atom. The largest absolute Gasteiger partial charge is 0.307 e. The third-order valence-corrected chi connectivity index (χ3v) is 4.02. The molecule has 1 amide bonds. The Morgan fingerprint density at radius 2 is 2.31 bits per heavy atom. The van der Waals surface area contributed by atoms with Crippen LogP contribution in [-0.2, 0) is 0 Å². The van der Waals surface area contributed by atoms with Gasteiger partial charge in [0.15, 0.2) is 0 Å². The summed E-state index contributed by atoms with van der Waals surface area (Å²) < 4.78 is 1.79. The first kappa shape index (κ1) is 12.0. The molecule has 0 aliphatic rings. The summed E-state index contributed by atoms with van der Waals surface area (Å²) >= 11 is 6.98. The lowest BCUT2D eigenvalue weighted by Gasteiger charge is -2.02. The number of carbonyl (C=O) groups excluding carboxylic acids is 1. The van der Waals surface area contributed by atoms with Crippen molar-refractivity contribution in [3.8, 4) is 0 Å². The Labute approximate surface area is 119 Å². The monoisotopic (exact) mass is 408 g/mol. The number of nitrogens with one attached hydrogen (secondary N) is 1. The summed E-state index contributed by atoms with van der Waals surface area (Å²) in [5, 5.41) is 4.56. The smallest absolute Gasteiger partial charge is 0.257 e. The van der Waals surface area contributed by atoms with Crippen molar-refractivity contribution >= 4 is 61.6 Å². The van der Waals surface area contributed by atoms with E-state index in [4.69, 9.17) is 0 Å². The van der Waals surface area contributed by atoms with Crippen molar-refractivity contribution in [3.63, 3.8) is 0 Å². The van der Waals surface area contributed by atoms with Gasteiger partial charge >= 0.3 is 0 Å². The van der Waals surface area contributed by atoms with Gasteiger partial charge in [-0.1, -0.05) is 6.07 Å². The van der Waals surface area contributed by atoms with E-state index in [1.807, 2.05) is 23.6 Å². The molecule has 0 saturated carbocycles. The Hall–Kier alpha value is -0.470. The molecule has 1 N–H and O–H groups in total. The van der Waals surface area contributed by atoms with E-state index >= 15 is 0 Å². The number of nitrogens with zero attached hydrogens (tertiary/aromatic N) is 1. The van der Waals surface area contributed by atoms with Gasteiger partial charge in [0.1, 0.15) is 10.4 Å². The zero-order chi connectivity index (χ0) is 11.5. The molecule has 16 heavy (non-hydrogen) atoms. The average Bonchev–Trinajstić information content (AvgIpc) is 2.65. The van der Waals surface area contributed by atoms with Crippen molar-refractivity contribution in [1.82, 2.24) is 4.98 Å². The number of thiophene rings is 1. The summed E-state index contributed by atoms with van der Waals surface area (Å²) in [4.78, 5) is 15.9. The highest BCUT2D eigenvalue weighted by Crippen LogP contribution is 2.18. The molecule has 0 atom stereocenters. The maximum Gasteiger partial charge on any atom is 0.257 e. The number of hydrogen-bond donors (Lipinski definition) is 1. The molecule has 0 radical (unpaired) electrons. The van der Waals surface area contributed by atoms with Crippen molar-refractivity contribution < 1.29 is 4.79 Å². The molecule has 2 heterocycles. The lowest BCUT2D eigenvalue weighted by Crippen LogP contribution is -2.11. The molecule has 2 rings (SSSR count). The van der Waals surface area contributed by atoms with Crippen LogP contribution in [0.3, 0.4) is 0 Å². The fourth-order valence-electron chi connectivity index (χ4n) is 1.10. The number of pyridine rings is 1. The second-order valence-corrected chi connectivity index (χ2v) is 6.56. The summed E-state index contributed by atoms with van der Waals surface area (Å²) in [6, 6.07) is 7.23. The van der Waals surface area contributed by atoms with E-state index < -0.39 is 0 Å². The van der Waals surface area contributed by atoms with Crippen molar-refractivity contribution in [2.45, 2.75) is 0 Å². The first-order chi connectivity index (χ1) is 7.65. The van der Waals surface area contributed by atoms with Gasteiger partial charge in [-0.25, -0.2) is 4.98 Å². The minimum Gasteiger partial charge on any atom is -0.307 e. The van der Waals surface area contributed by atoms with Gasteiger partial charge in [-0.3, -0.25) is 4.79 Å². The summed E-state index contributed by atoms with van der Waals surface area (Å²) in [5.74, 6) is 0.408. The summed E-state index contributed by atoms with van der Waals surface area (Å²) in [6.07, 6.45) is 0. The van der Waals surface area contributed by atoms with E-state index in [1.165, 1.54) is 0 Å². The molecule has 82 valence electrons. The van der Waals surface area contributed by atoms with Crippen LogP contribution in [-0.4, -0.2) is 10.9 Å². The van der Waals surface area contributed by atoms with E-state index in [9.17, 15) is 4.79 Å². The van der Waals surface area contributed by atoms with Crippen LogP contribution in [0.2, 0.25) is 0 Å². The summed E-state index contributed by atoms with van der Waals surface area (Å²) in [7, 11) is 0. The highest BCUT2D eigenvalue weighted by molar-refractivity contribution is 14.1. The minimum atomic E-state index is -0.134. The number of amides is 1. The predicted octanol–water partition coefficient (Wildman–Crippen LogP) is 3.76. The Morgan fingerprint density at radius 3 is 2.94 bits per heavy atom. The molecule has 0 aliphatic carbocycles. The van der Waals surface area contributed by atoms with Crippen LogP contribution >= 0.6 is 49.9 Å². The van der Waals surface area contributed by atoms with E-state index in [-0.39, 0.29) is 5.91 Å². The molecule has 0 bridgehead atoms. The Bertz CT molecular complexity index is 529. The minimum absolute atomic E-state index is 0.134. The lowest BCUT2D eigenvalue weighted by atomic mass is 10.3. The van der Waals surface area contributed by atoms with Crippen LogP contribution in [0.15, 0.2) is 34.2 Å². The molecule has 0 spiro atoms. The number of aromatic nitrogens is 1. The zero-order valence-electron chi connectivity index (χ0n) is 7.91. The van der Waals surface area contributed by atoms with Gasteiger partial charge in [-0.05, 0) is 56.7 Å². The third kappa shape index (κ3) is 3.02. The number of anilines is 1. The second-order valence-electron chi connectivity index (χ2n) is 2.94. The second kappa shape index (κ2) is 5.24. The van der Waals surface area contributed by atoms with E-state index in [0.717, 1.165) is 2.88 Å². The first-order valence-electron chi connectivity index (χ1n) is 4.33. The lowest BCUT2D eigenvalue weighted by molar-refractivity contribution is 0.102. The maximum atomic E-state index is 11.8. The average molecular weight is 409 g/mol. The van der Waals surface area contributed by atoms with E-state index in [2.05, 4.69) is 48.8 Å². The van der Waals surface area contributed by atoms with Crippen LogP contribution < -0.4 is 5.32 Å². The van der Waals surface area contributed by atoms with Gasteiger partial charge in [-0.2, -0.15) is 0 Å². The van der Waals surface area contributed by atoms with Gasteiger partial charge in [0.2, 0.25) is 0 Å². The molecule has 3 nitrogen and oxygen atoms in total. The van der Waals surface area contributed by atoms with Crippen molar-refractivity contribution in [1.29, 1.82) is 0 Å². The number of carbonyl (C=O) groups is 1. The first-order valence-corrected chi connectivity index (χ1v) is 7.08. The predicted molar refractivity (Wildman–Crippen MR) is 76.9 cm³/mol. The molecule has 0 saturated heterocycles. The molecule has 0 aromatic carbocycles. The van der Waals surface area contributed by atoms with Crippen LogP contribution in [0.5, 0.6) is 0 Å². The highest BCUT2D eigenvalue weighted by atomic mass is 127. The molecule has 2 aromatic heterocycles. The number of rotatable bonds is 2. The number of halogens is 2. The van der Waals surface area contributed by atoms with Gasteiger partial charge < -0.3 is 5.32 Å². The SMILES string of the molecule is O=C(Nc1cccc(Br)n1)c1csc(I)c1. The molecular weight excluding hydrogens is 403 g/mol. The zero-order valence-corrected chi connectivity index (χ0v) is 12.5. The van der Waals surface area contributed by atoms with E-state index in [0.29, 0.717) is 16.0 Å². The highest BCUT2D eigenvalue weighted by Gasteiger charge is 2.08. The number of hydrogen-bond acceptors (Lipinski definition) is 3. The van der Waals surface area contributed by atoms with Crippen LogP contribution in [0.1, 0.15) is 10.4 Å².